The SMILES string of the molecule is CC(C)[C@@H](c1ccc(F)cc1)N1C(=O)[C@H]2C[C@@H]1CN2C[C@H](N)C(=O)N1CCC[C@H]1C#N. The second kappa shape index (κ2) is 8.56. The number of fused-ring (bicyclic) bond motifs is 2. The summed E-state index contributed by atoms with van der Waals surface area (Å²) in [4.78, 5) is 31.6. The number of carbonyl (C=O) groups excluding carboxylic acids is 2. The maximum absolute atomic E-state index is 13.4. The highest BCUT2D eigenvalue weighted by Gasteiger charge is 2.52. The molecule has 5 atom stereocenters. The van der Waals surface area contributed by atoms with Gasteiger partial charge in [0.05, 0.1) is 24.2 Å². The Hall–Kier alpha value is -2.50. The Labute approximate surface area is 182 Å². The van der Waals surface area contributed by atoms with Crippen LogP contribution in [0.2, 0.25) is 0 Å². The Kier molecular flexibility index (Phi) is 6.00. The van der Waals surface area contributed by atoms with E-state index in [1.165, 1.54) is 12.1 Å². The molecule has 166 valence electrons. The number of hydrogen-bond acceptors (Lipinski definition) is 5. The monoisotopic (exact) mass is 427 g/mol. The van der Waals surface area contributed by atoms with Crippen LogP contribution < -0.4 is 5.73 Å². The van der Waals surface area contributed by atoms with Crippen LogP contribution in [0.15, 0.2) is 24.3 Å². The molecule has 3 fully saturated rings. The smallest absolute Gasteiger partial charge is 0.241 e. The van der Waals surface area contributed by atoms with Gasteiger partial charge in [0.25, 0.3) is 0 Å². The van der Waals surface area contributed by atoms with Gasteiger partial charge < -0.3 is 15.5 Å². The lowest BCUT2D eigenvalue weighted by molar-refractivity contribution is -0.142. The molecule has 0 spiro atoms. The van der Waals surface area contributed by atoms with Gasteiger partial charge in [-0.05, 0) is 42.9 Å². The molecule has 3 aliphatic heterocycles. The van der Waals surface area contributed by atoms with Crippen LogP contribution in [0.25, 0.3) is 0 Å². The third kappa shape index (κ3) is 3.92. The van der Waals surface area contributed by atoms with Gasteiger partial charge in [0.2, 0.25) is 11.8 Å². The quantitative estimate of drug-likeness (QED) is 0.745. The molecule has 0 unspecified atom stereocenters. The van der Waals surface area contributed by atoms with Gasteiger partial charge in [0, 0.05) is 25.7 Å². The van der Waals surface area contributed by atoms with Crippen LogP contribution >= 0.6 is 0 Å². The molecule has 7 nitrogen and oxygen atoms in total. The number of rotatable bonds is 6. The van der Waals surface area contributed by atoms with Gasteiger partial charge in [-0.25, -0.2) is 4.39 Å². The first-order valence-corrected chi connectivity index (χ1v) is 11.1. The molecule has 3 aliphatic rings. The number of benzene rings is 1. The lowest BCUT2D eigenvalue weighted by Crippen LogP contribution is -2.57. The molecule has 8 heteroatoms. The molecular formula is C23H30FN5O2. The summed E-state index contributed by atoms with van der Waals surface area (Å²) < 4.78 is 13.4. The number of nitrogens with two attached hydrogens (primary N) is 1. The zero-order valence-corrected chi connectivity index (χ0v) is 18.1. The summed E-state index contributed by atoms with van der Waals surface area (Å²) in [6.07, 6.45) is 2.23. The zero-order chi connectivity index (χ0) is 22.3. The average Bonchev–Trinajstić information content (AvgIpc) is 3.44. The van der Waals surface area contributed by atoms with Crippen molar-refractivity contribution in [2.45, 2.75) is 63.3 Å². The van der Waals surface area contributed by atoms with E-state index in [1.807, 2.05) is 9.80 Å². The van der Waals surface area contributed by atoms with Crippen LogP contribution in [-0.2, 0) is 9.59 Å². The first-order chi connectivity index (χ1) is 14.8. The van der Waals surface area contributed by atoms with Crippen LogP contribution in [0, 0.1) is 23.1 Å². The minimum absolute atomic E-state index is 0.0509. The van der Waals surface area contributed by atoms with Gasteiger partial charge in [0.15, 0.2) is 0 Å². The second-order valence-electron chi connectivity index (χ2n) is 9.27. The van der Waals surface area contributed by atoms with E-state index < -0.39 is 12.1 Å². The number of likely N-dealkylation sites (tertiary alicyclic amines) is 3. The van der Waals surface area contributed by atoms with E-state index in [-0.39, 0.29) is 41.7 Å². The van der Waals surface area contributed by atoms with Crippen LogP contribution in [-0.4, -0.2) is 70.3 Å². The lowest BCUT2D eigenvalue weighted by Gasteiger charge is -2.41. The molecule has 0 radical (unpaired) electrons. The molecule has 1 aromatic rings. The predicted molar refractivity (Wildman–Crippen MR) is 113 cm³/mol. The minimum atomic E-state index is -0.743. The Morgan fingerprint density at radius 1 is 1.32 bits per heavy atom. The Morgan fingerprint density at radius 3 is 2.65 bits per heavy atom. The molecule has 0 saturated carbocycles. The van der Waals surface area contributed by atoms with E-state index in [0.29, 0.717) is 32.5 Å². The second-order valence-corrected chi connectivity index (χ2v) is 9.27. The summed E-state index contributed by atoms with van der Waals surface area (Å²) >= 11 is 0. The van der Waals surface area contributed by atoms with Crippen molar-refractivity contribution in [1.29, 1.82) is 5.26 Å². The van der Waals surface area contributed by atoms with Gasteiger partial charge in [-0.1, -0.05) is 26.0 Å². The van der Waals surface area contributed by atoms with E-state index in [9.17, 15) is 19.2 Å². The van der Waals surface area contributed by atoms with Crippen molar-refractivity contribution in [3.05, 3.63) is 35.6 Å². The molecular weight excluding hydrogens is 397 g/mol. The third-order valence-corrected chi connectivity index (χ3v) is 6.89. The molecule has 2 N–H and O–H groups in total. The third-order valence-electron chi connectivity index (χ3n) is 6.89. The van der Waals surface area contributed by atoms with Crippen molar-refractivity contribution in [3.63, 3.8) is 0 Å². The van der Waals surface area contributed by atoms with Crippen molar-refractivity contribution in [2.75, 3.05) is 19.6 Å². The molecule has 3 saturated heterocycles. The average molecular weight is 428 g/mol. The molecule has 0 aliphatic carbocycles. The standard InChI is InChI=1S/C23H30FN5O2/c1-14(2)21(15-5-7-16(24)8-6-15)29-18-10-20(23(29)31)27(12-18)13-19(26)22(30)28-9-3-4-17(28)11-25/h5-8,14,17-21H,3-4,9-10,12-13,26H2,1-2H3/t17-,18+,19-,20+,21-/m0/s1. The summed E-state index contributed by atoms with van der Waals surface area (Å²) in [6.45, 7) is 5.69. The van der Waals surface area contributed by atoms with E-state index in [0.717, 1.165) is 12.0 Å². The topological polar surface area (TPSA) is 93.7 Å². The summed E-state index contributed by atoms with van der Waals surface area (Å²) in [7, 11) is 0. The van der Waals surface area contributed by atoms with Gasteiger partial charge >= 0.3 is 0 Å². The number of piperazine rings is 1. The molecule has 1 aromatic carbocycles. The number of nitriles is 1. The minimum Gasteiger partial charge on any atom is -0.330 e. The highest BCUT2D eigenvalue weighted by molar-refractivity contribution is 5.87. The number of halogens is 1. The maximum Gasteiger partial charge on any atom is 0.241 e. The number of hydrogen-bond donors (Lipinski definition) is 1. The fraction of sp³-hybridized carbons (Fsp3) is 0.609. The predicted octanol–water partition coefficient (Wildman–Crippen LogP) is 1.65. The molecule has 2 amide bonds. The van der Waals surface area contributed by atoms with Gasteiger partial charge in [-0.3, -0.25) is 14.5 Å². The van der Waals surface area contributed by atoms with E-state index in [4.69, 9.17) is 5.73 Å². The highest BCUT2D eigenvalue weighted by atomic mass is 19.1. The van der Waals surface area contributed by atoms with Crippen LogP contribution in [0.3, 0.4) is 0 Å². The van der Waals surface area contributed by atoms with Crippen molar-refractivity contribution >= 4 is 11.8 Å². The summed E-state index contributed by atoms with van der Waals surface area (Å²) in [5.74, 6) is -0.261. The lowest BCUT2D eigenvalue weighted by atomic mass is 9.93. The number of carbonyl (C=O) groups is 2. The molecule has 0 aromatic heterocycles. The van der Waals surface area contributed by atoms with E-state index in [2.05, 4.69) is 19.9 Å². The Balaban J connectivity index is 1.44. The molecule has 2 bridgehead atoms. The fourth-order valence-electron chi connectivity index (χ4n) is 5.49. The van der Waals surface area contributed by atoms with Gasteiger partial charge in [0.1, 0.15) is 11.9 Å². The first kappa shape index (κ1) is 21.7. The molecule has 3 heterocycles. The Bertz CT molecular complexity index is 883. The fourth-order valence-corrected chi connectivity index (χ4v) is 5.49. The maximum atomic E-state index is 13.4. The van der Waals surface area contributed by atoms with Crippen LogP contribution in [0.5, 0.6) is 0 Å². The van der Waals surface area contributed by atoms with Gasteiger partial charge in [-0.15, -0.1) is 0 Å². The Morgan fingerprint density at radius 2 is 2.03 bits per heavy atom. The molecule has 31 heavy (non-hydrogen) atoms. The normalized spacial score (nSPS) is 27.7. The van der Waals surface area contributed by atoms with Crippen LogP contribution in [0.4, 0.5) is 4.39 Å². The van der Waals surface area contributed by atoms with Crippen LogP contribution in [0.1, 0.15) is 44.7 Å². The van der Waals surface area contributed by atoms with E-state index in [1.54, 1.807) is 17.0 Å². The molecule has 4 rings (SSSR count). The largest absolute Gasteiger partial charge is 0.330 e. The highest BCUT2D eigenvalue weighted by Crippen LogP contribution is 2.41. The summed E-state index contributed by atoms with van der Waals surface area (Å²) in [5.41, 5.74) is 7.15. The van der Waals surface area contributed by atoms with E-state index >= 15 is 0 Å². The van der Waals surface area contributed by atoms with Crippen molar-refractivity contribution < 1.29 is 14.0 Å². The van der Waals surface area contributed by atoms with Crippen molar-refractivity contribution in [3.8, 4) is 6.07 Å². The first-order valence-electron chi connectivity index (χ1n) is 11.1. The summed E-state index contributed by atoms with van der Waals surface area (Å²) in [6, 6.07) is 7.09. The van der Waals surface area contributed by atoms with Crippen molar-refractivity contribution in [2.24, 2.45) is 11.7 Å². The number of amides is 2. The van der Waals surface area contributed by atoms with Gasteiger partial charge in [-0.2, -0.15) is 5.26 Å². The zero-order valence-electron chi connectivity index (χ0n) is 18.1. The van der Waals surface area contributed by atoms with Crippen molar-refractivity contribution in [1.82, 2.24) is 14.7 Å². The number of nitrogens with zero attached hydrogens (tertiary/aromatic N) is 4. The summed E-state index contributed by atoms with van der Waals surface area (Å²) in [5, 5.41) is 9.24.